The monoisotopic (exact) mass is 294 g/mol. The molecule has 3 rings (SSSR count). The van der Waals surface area contributed by atoms with Gasteiger partial charge in [0.2, 0.25) is 6.79 Å². The average molecular weight is 294 g/mol. The molecule has 0 radical (unpaired) electrons. The standard InChI is InChI=1S/C15H22N2O4/c1-18-14-7-17(8-15(14)19-2)6-11(16)10-3-4-12-13(5-10)21-9-20-12/h3-5,11,14-15H,6-9,16H2,1-2H3. The number of nitrogens with two attached hydrogens (primary N) is 1. The van der Waals surface area contributed by atoms with Gasteiger partial charge < -0.3 is 24.7 Å². The van der Waals surface area contributed by atoms with Crippen LogP contribution in [0.5, 0.6) is 11.5 Å². The summed E-state index contributed by atoms with van der Waals surface area (Å²) in [6.07, 6.45) is 0.220. The summed E-state index contributed by atoms with van der Waals surface area (Å²) < 4.78 is 21.6. The highest BCUT2D eigenvalue weighted by Gasteiger charge is 2.33. The highest BCUT2D eigenvalue weighted by Crippen LogP contribution is 2.34. The van der Waals surface area contributed by atoms with Gasteiger partial charge >= 0.3 is 0 Å². The maximum Gasteiger partial charge on any atom is 0.231 e. The minimum absolute atomic E-state index is 0.0763. The molecule has 2 N–H and O–H groups in total. The zero-order valence-corrected chi connectivity index (χ0v) is 12.5. The number of benzene rings is 1. The SMILES string of the molecule is COC1CN(CC(N)c2ccc3c(c2)OCO3)CC1OC. The lowest BCUT2D eigenvalue weighted by molar-refractivity contribution is -0.00461. The molecule has 1 saturated heterocycles. The lowest BCUT2D eigenvalue weighted by Crippen LogP contribution is -2.31. The first-order valence-corrected chi connectivity index (χ1v) is 7.14. The zero-order chi connectivity index (χ0) is 14.8. The van der Waals surface area contributed by atoms with Gasteiger partial charge in [-0.05, 0) is 17.7 Å². The van der Waals surface area contributed by atoms with Crippen LogP contribution in [-0.4, -0.2) is 57.8 Å². The topological polar surface area (TPSA) is 66.2 Å². The van der Waals surface area contributed by atoms with E-state index in [0.29, 0.717) is 0 Å². The Bertz CT molecular complexity index is 485. The molecule has 0 aliphatic carbocycles. The number of ether oxygens (including phenoxy) is 4. The first kappa shape index (κ1) is 14.6. The lowest BCUT2D eigenvalue weighted by atomic mass is 10.1. The third-order valence-electron chi connectivity index (χ3n) is 4.18. The minimum atomic E-state index is -0.0763. The van der Waals surface area contributed by atoms with Crippen LogP contribution in [0.4, 0.5) is 0 Å². The van der Waals surface area contributed by atoms with Crippen LogP contribution < -0.4 is 15.2 Å². The lowest BCUT2D eigenvalue weighted by Gasteiger charge is -2.21. The molecule has 1 aromatic carbocycles. The van der Waals surface area contributed by atoms with Crippen molar-refractivity contribution in [3.8, 4) is 11.5 Å². The van der Waals surface area contributed by atoms with Gasteiger partial charge in [0.1, 0.15) is 0 Å². The molecule has 0 saturated carbocycles. The molecule has 3 atom stereocenters. The van der Waals surface area contributed by atoms with Gasteiger partial charge in [0.15, 0.2) is 11.5 Å². The Morgan fingerprint density at radius 3 is 2.52 bits per heavy atom. The molecule has 0 amide bonds. The van der Waals surface area contributed by atoms with Crippen molar-refractivity contribution in [2.45, 2.75) is 18.2 Å². The van der Waals surface area contributed by atoms with Crippen LogP contribution in [0.2, 0.25) is 0 Å². The van der Waals surface area contributed by atoms with Gasteiger partial charge in [-0.1, -0.05) is 6.07 Å². The highest BCUT2D eigenvalue weighted by molar-refractivity contribution is 5.45. The Morgan fingerprint density at radius 1 is 1.19 bits per heavy atom. The number of rotatable bonds is 5. The number of hydrogen-bond acceptors (Lipinski definition) is 6. The molecule has 6 heteroatoms. The summed E-state index contributed by atoms with van der Waals surface area (Å²) in [6, 6.07) is 5.80. The molecule has 0 spiro atoms. The molecule has 6 nitrogen and oxygen atoms in total. The van der Waals surface area contributed by atoms with E-state index in [1.807, 2.05) is 18.2 Å². The maximum atomic E-state index is 6.32. The fourth-order valence-electron chi connectivity index (χ4n) is 2.95. The molecule has 2 aliphatic rings. The smallest absolute Gasteiger partial charge is 0.231 e. The van der Waals surface area contributed by atoms with Crippen LogP contribution in [0.25, 0.3) is 0 Å². The Kier molecular flexibility index (Phi) is 4.30. The molecule has 1 fully saturated rings. The Morgan fingerprint density at radius 2 is 1.86 bits per heavy atom. The average Bonchev–Trinajstić information content (AvgIpc) is 3.11. The molecular formula is C15H22N2O4. The predicted molar refractivity (Wildman–Crippen MR) is 77.5 cm³/mol. The van der Waals surface area contributed by atoms with Gasteiger partial charge in [-0.2, -0.15) is 0 Å². The largest absolute Gasteiger partial charge is 0.454 e. The summed E-state index contributed by atoms with van der Waals surface area (Å²) in [7, 11) is 3.44. The van der Waals surface area contributed by atoms with E-state index in [9.17, 15) is 0 Å². The van der Waals surface area contributed by atoms with Gasteiger partial charge in [-0.25, -0.2) is 0 Å². The van der Waals surface area contributed by atoms with Crippen molar-refractivity contribution in [3.05, 3.63) is 23.8 Å². The second-order valence-corrected chi connectivity index (χ2v) is 5.49. The molecule has 1 aromatic rings. The molecule has 2 heterocycles. The van der Waals surface area contributed by atoms with Gasteiger partial charge in [-0.15, -0.1) is 0 Å². The van der Waals surface area contributed by atoms with E-state index in [1.165, 1.54) is 0 Å². The molecule has 0 bridgehead atoms. The van der Waals surface area contributed by atoms with Crippen LogP contribution in [0.3, 0.4) is 0 Å². The maximum absolute atomic E-state index is 6.32. The minimum Gasteiger partial charge on any atom is -0.454 e. The Labute approximate surface area is 124 Å². The number of hydrogen-bond donors (Lipinski definition) is 1. The van der Waals surface area contributed by atoms with Crippen LogP contribution in [0, 0.1) is 0 Å². The summed E-state index contributed by atoms with van der Waals surface area (Å²) in [5.41, 5.74) is 7.37. The van der Waals surface area contributed by atoms with Gasteiger partial charge in [-0.3, -0.25) is 4.90 Å². The summed E-state index contributed by atoms with van der Waals surface area (Å²) in [4.78, 5) is 2.28. The van der Waals surface area contributed by atoms with Crippen molar-refractivity contribution in [1.29, 1.82) is 0 Å². The zero-order valence-electron chi connectivity index (χ0n) is 12.5. The van der Waals surface area contributed by atoms with E-state index in [4.69, 9.17) is 24.7 Å². The number of likely N-dealkylation sites (tertiary alicyclic amines) is 1. The second-order valence-electron chi connectivity index (χ2n) is 5.49. The van der Waals surface area contributed by atoms with Crippen molar-refractivity contribution in [1.82, 2.24) is 4.90 Å². The van der Waals surface area contributed by atoms with Crippen molar-refractivity contribution in [2.75, 3.05) is 40.6 Å². The summed E-state index contributed by atoms with van der Waals surface area (Å²) in [5.74, 6) is 1.56. The molecule has 2 aliphatic heterocycles. The fourth-order valence-corrected chi connectivity index (χ4v) is 2.95. The number of fused-ring (bicyclic) bond motifs is 1. The first-order valence-electron chi connectivity index (χ1n) is 7.14. The van der Waals surface area contributed by atoms with E-state index in [-0.39, 0.29) is 25.0 Å². The number of methoxy groups -OCH3 is 2. The van der Waals surface area contributed by atoms with Crippen LogP contribution >= 0.6 is 0 Å². The molecule has 116 valence electrons. The molecule has 21 heavy (non-hydrogen) atoms. The van der Waals surface area contributed by atoms with E-state index in [1.54, 1.807) is 14.2 Å². The van der Waals surface area contributed by atoms with Crippen molar-refractivity contribution < 1.29 is 18.9 Å². The van der Waals surface area contributed by atoms with E-state index in [2.05, 4.69) is 4.90 Å². The normalized spacial score (nSPS) is 26.2. The Hall–Kier alpha value is -1.34. The quantitative estimate of drug-likeness (QED) is 0.865. The van der Waals surface area contributed by atoms with E-state index >= 15 is 0 Å². The van der Waals surface area contributed by atoms with Crippen molar-refractivity contribution in [3.63, 3.8) is 0 Å². The van der Waals surface area contributed by atoms with Gasteiger partial charge in [0.25, 0.3) is 0 Å². The van der Waals surface area contributed by atoms with Crippen molar-refractivity contribution in [2.24, 2.45) is 5.73 Å². The van der Waals surface area contributed by atoms with Crippen LogP contribution in [0.15, 0.2) is 18.2 Å². The molecule has 0 aromatic heterocycles. The third kappa shape index (κ3) is 2.98. The van der Waals surface area contributed by atoms with E-state index in [0.717, 1.165) is 36.7 Å². The summed E-state index contributed by atoms with van der Waals surface area (Å²) >= 11 is 0. The summed E-state index contributed by atoms with van der Waals surface area (Å²) in [5, 5.41) is 0. The van der Waals surface area contributed by atoms with Crippen LogP contribution in [-0.2, 0) is 9.47 Å². The van der Waals surface area contributed by atoms with Gasteiger partial charge in [0, 0.05) is 39.9 Å². The first-order chi connectivity index (χ1) is 10.2. The number of nitrogens with zero attached hydrogens (tertiary/aromatic N) is 1. The van der Waals surface area contributed by atoms with E-state index < -0.39 is 0 Å². The summed E-state index contributed by atoms with van der Waals surface area (Å²) in [6.45, 7) is 2.73. The fraction of sp³-hybridized carbons (Fsp3) is 0.600. The highest BCUT2D eigenvalue weighted by atomic mass is 16.7. The second kappa shape index (κ2) is 6.19. The van der Waals surface area contributed by atoms with Crippen LogP contribution in [0.1, 0.15) is 11.6 Å². The third-order valence-corrected chi connectivity index (χ3v) is 4.18. The Balaban J connectivity index is 1.63. The van der Waals surface area contributed by atoms with Gasteiger partial charge in [0.05, 0.1) is 12.2 Å². The predicted octanol–water partition coefficient (Wildman–Crippen LogP) is 0.761. The molecule has 3 unspecified atom stereocenters. The molecular weight excluding hydrogens is 272 g/mol. The van der Waals surface area contributed by atoms with Crippen molar-refractivity contribution >= 4 is 0 Å².